The Hall–Kier alpha value is -1.33. The summed E-state index contributed by atoms with van der Waals surface area (Å²) in [6, 6.07) is 3.50. The van der Waals surface area contributed by atoms with Gasteiger partial charge in [-0.3, -0.25) is 4.79 Å². The quantitative estimate of drug-likeness (QED) is 0.752. The van der Waals surface area contributed by atoms with Gasteiger partial charge < -0.3 is 5.11 Å². The molecule has 1 heterocycles. The molecule has 0 spiro atoms. The number of rotatable bonds is 1. The van der Waals surface area contributed by atoms with Crippen LogP contribution in [0.15, 0.2) is 16.6 Å². The van der Waals surface area contributed by atoms with Crippen LogP contribution in [-0.4, -0.2) is 22.1 Å². The third-order valence-electron chi connectivity index (χ3n) is 3.09. The summed E-state index contributed by atoms with van der Waals surface area (Å²) in [7, 11) is 0. The van der Waals surface area contributed by atoms with Crippen molar-refractivity contribution in [3.05, 3.63) is 32.9 Å². The number of carboxylic acid groups (broad SMARTS) is 1. The first-order chi connectivity index (χ1) is 9.18. The van der Waals surface area contributed by atoms with Gasteiger partial charge in [0.05, 0.1) is 16.1 Å². The lowest BCUT2D eigenvalue weighted by molar-refractivity contribution is 0.112. The normalized spacial score (nSPS) is 11.8. The summed E-state index contributed by atoms with van der Waals surface area (Å²) in [5, 5.41) is 10.4. The van der Waals surface area contributed by atoms with Gasteiger partial charge in [0.25, 0.3) is 0 Å². The summed E-state index contributed by atoms with van der Waals surface area (Å²) in [6.07, 6.45) is -0.548. The number of halogens is 2. The zero-order valence-electron chi connectivity index (χ0n) is 11.2. The van der Waals surface area contributed by atoms with Crippen molar-refractivity contribution in [2.45, 2.75) is 26.2 Å². The number of hydrogen-bond acceptors (Lipinski definition) is 2. The zero-order valence-corrected chi connectivity index (χ0v) is 13.5. The average molecular weight is 359 g/mol. The highest BCUT2D eigenvalue weighted by molar-refractivity contribution is 9.10. The van der Waals surface area contributed by atoms with Gasteiger partial charge in [0, 0.05) is 21.0 Å². The Kier molecular flexibility index (Phi) is 3.69. The van der Waals surface area contributed by atoms with Crippen LogP contribution in [0.3, 0.4) is 0 Å². The Morgan fingerprint density at radius 3 is 2.45 bits per heavy atom. The first-order valence-electron chi connectivity index (χ1n) is 5.91. The third-order valence-corrected chi connectivity index (χ3v) is 4.35. The van der Waals surface area contributed by atoms with Gasteiger partial charge in [-0.1, -0.05) is 32.4 Å². The molecule has 20 heavy (non-hydrogen) atoms. The first-order valence-corrected chi connectivity index (χ1v) is 7.08. The summed E-state index contributed by atoms with van der Waals surface area (Å²) in [6.45, 7) is 5.74. The molecule has 1 N–H and O–H groups in total. The van der Waals surface area contributed by atoms with Crippen molar-refractivity contribution in [2.75, 3.05) is 0 Å². The largest absolute Gasteiger partial charge is 0.464 e. The highest BCUT2D eigenvalue weighted by atomic mass is 79.9. The number of carbonyl (C=O) groups is 2. The summed E-state index contributed by atoms with van der Waals surface area (Å²) < 4.78 is 1.70. The van der Waals surface area contributed by atoms with Crippen LogP contribution in [0.2, 0.25) is 5.02 Å². The van der Waals surface area contributed by atoms with E-state index < -0.39 is 6.09 Å². The standard InChI is InChI=1S/C14H13BrClNO3/c1-14(2,3)10-5-7-4-9(15)11(16)8(6-18)12(7)17(10)13(19)20/h4-6H,1-3H3,(H,19,20). The van der Waals surface area contributed by atoms with Crippen molar-refractivity contribution in [3.63, 3.8) is 0 Å². The predicted molar refractivity (Wildman–Crippen MR) is 82.2 cm³/mol. The number of fused-ring (bicyclic) bond motifs is 1. The van der Waals surface area contributed by atoms with Crippen molar-refractivity contribution < 1.29 is 14.7 Å². The van der Waals surface area contributed by atoms with Crippen LogP contribution >= 0.6 is 27.5 Å². The van der Waals surface area contributed by atoms with Crippen LogP contribution < -0.4 is 0 Å². The van der Waals surface area contributed by atoms with E-state index in [1.54, 1.807) is 12.1 Å². The van der Waals surface area contributed by atoms with E-state index in [9.17, 15) is 14.7 Å². The molecule has 2 rings (SSSR count). The molecule has 0 aliphatic carbocycles. The van der Waals surface area contributed by atoms with E-state index in [-0.39, 0.29) is 16.0 Å². The second kappa shape index (κ2) is 4.90. The molecule has 1 aromatic heterocycles. The van der Waals surface area contributed by atoms with Crippen LogP contribution in [-0.2, 0) is 5.41 Å². The maximum atomic E-state index is 11.6. The second-order valence-electron chi connectivity index (χ2n) is 5.54. The molecular weight excluding hydrogens is 346 g/mol. The van der Waals surface area contributed by atoms with E-state index in [0.717, 1.165) is 4.57 Å². The molecule has 0 aliphatic heterocycles. The Balaban J connectivity index is 3.05. The summed E-state index contributed by atoms with van der Waals surface area (Å²) in [5.41, 5.74) is 0.730. The maximum Gasteiger partial charge on any atom is 0.416 e. The van der Waals surface area contributed by atoms with Gasteiger partial charge in [0.2, 0.25) is 0 Å². The van der Waals surface area contributed by atoms with E-state index in [2.05, 4.69) is 15.9 Å². The lowest BCUT2D eigenvalue weighted by Gasteiger charge is -2.19. The summed E-state index contributed by atoms with van der Waals surface area (Å²) in [4.78, 5) is 22.9. The van der Waals surface area contributed by atoms with E-state index in [1.165, 1.54) is 0 Å². The molecular formula is C14H13BrClNO3. The molecule has 4 nitrogen and oxygen atoms in total. The summed E-state index contributed by atoms with van der Waals surface area (Å²) >= 11 is 9.37. The van der Waals surface area contributed by atoms with Crippen molar-refractivity contribution in [1.82, 2.24) is 4.57 Å². The molecule has 0 amide bonds. The molecule has 0 aliphatic rings. The third kappa shape index (κ3) is 2.25. The van der Waals surface area contributed by atoms with Crippen LogP contribution in [0.5, 0.6) is 0 Å². The van der Waals surface area contributed by atoms with Crippen molar-refractivity contribution in [3.8, 4) is 0 Å². The molecule has 0 unspecified atom stereocenters. The molecule has 0 bridgehead atoms. The number of hydrogen-bond donors (Lipinski definition) is 1. The molecule has 0 atom stereocenters. The van der Waals surface area contributed by atoms with Gasteiger partial charge in [-0.15, -0.1) is 0 Å². The minimum absolute atomic E-state index is 0.175. The van der Waals surface area contributed by atoms with Crippen LogP contribution in [0.25, 0.3) is 10.9 Å². The number of benzene rings is 1. The first kappa shape index (κ1) is 15.1. The second-order valence-corrected chi connectivity index (χ2v) is 6.77. The smallest absolute Gasteiger partial charge is 0.416 e. The number of aldehydes is 1. The molecule has 106 valence electrons. The molecule has 0 fully saturated rings. The summed E-state index contributed by atoms with van der Waals surface area (Å²) in [5.74, 6) is 0. The van der Waals surface area contributed by atoms with Crippen LogP contribution in [0, 0.1) is 0 Å². The lowest BCUT2D eigenvalue weighted by Crippen LogP contribution is -2.21. The van der Waals surface area contributed by atoms with E-state index >= 15 is 0 Å². The van der Waals surface area contributed by atoms with Gasteiger partial charge in [0.15, 0.2) is 6.29 Å². The molecule has 1 aromatic carbocycles. The lowest BCUT2D eigenvalue weighted by atomic mass is 9.92. The minimum Gasteiger partial charge on any atom is -0.464 e. The van der Waals surface area contributed by atoms with E-state index in [4.69, 9.17) is 11.6 Å². The SMILES string of the molecule is CC(C)(C)c1cc2cc(Br)c(Cl)c(C=O)c2n1C(=O)O. The Labute approximate surface area is 129 Å². The molecule has 0 saturated carbocycles. The van der Waals surface area contributed by atoms with Gasteiger partial charge in [0.1, 0.15) is 0 Å². The van der Waals surface area contributed by atoms with Crippen LogP contribution in [0.4, 0.5) is 4.79 Å². The van der Waals surface area contributed by atoms with Gasteiger partial charge in [-0.05, 0) is 28.1 Å². The molecule has 6 heteroatoms. The highest BCUT2D eigenvalue weighted by Crippen LogP contribution is 2.37. The fourth-order valence-corrected chi connectivity index (χ4v) is 2.86. The predicted octanol–water partition coefficient (Wildman–Crippen LogP) is 4.69. The maximum absolute atomic E-state index is 11.6. The van der Waals surface area contributed by atoms with Crippen molar-refractivity contribution >= 4 is 50.8 Å². The van der Waals surface area contributed by atoms with Crippen LogP contribution in [0.1, 0.15) is 36.8 Å². The number of nitrogens with zero attached hydrogens (tertiary/aromatic N) is 1. The molecule has 0 saturated heterocycles. The Morgan fingerprint density at radius 1 is 1.40 bits per heavy atom. The Morgan fingerprint density at radius 2 is 2.00 bits per heavy atom. The van der Waals surface area contributed by atoms with Gasteiger partial charge in [-0.2, -0.15) is 0 Å². The van der Waals surface area contributed by atoms with Crippen molar-refractivity contribution in [1.29, 1.82) is 0 Å². The molecule has 0 radical (unpaired) electrons. The average Bonchev–Trinajstić information content (AvgIpc) is 2.69. The fraction of sp³-hybridized carbons (Fsp3) is 0.286. The number of carbonyl (C=O) groups excluding carboxylic acids is 1. The Bertz CT molecular complexity index is 728. The zero-order chi connectivity index (χ0) is 15.2. The fourth-order valence-electron chi connectivity index (χ4n) is 2.21. The highest BCUT2D eigenvalue weighted by Gasteiger charge is 2.26. The monoisotopic (exact) mass is 357 g/mol. The van der Waals surface area contributed by atoms with E-state index in [1.807, 2.05) is 20.8 Å². The van der Waals surface area contributed by atoms with Gasteiger partial charge >= 0.3 is 6.09 Å². The van der Waals surface area contributed by atoms with E-state index in [0.29, 0.717) is 27.4 Å². The topological polar surface area (TPSA) is 59.3 Å². The number of aromatic nitrogens is 1. The molecule has 2 aromatic rings. The van der Waals surface area contributed by atoms with Gasteiger partial charge in [-0.25, -0.2) is 9.36 Å². The van der Waals surface area contributed by atoms with Crippen molar-refractivity contribution in [2.24, 2.45) is 0 Å². The minimum atomic E-state index is -1.13.